The molecule has 35 heavy (non-hydrogen) atoms. The molecule has 3 unspecified atom stereocenters. The van der Waals surface area contributed by atoms with Crippen LogP contribution in [0.25, 0.3) is 11.1 Å². The molecule has 1 aliphatic rings. The third kappa shape index (κ3) is 4.22. The standard InChI is InChI=1S/C26H22F6O3/c1-3-5-12-6-7-15(21(28)20(12)27)26(33)35-17-11-9-14-13-8-10-16(34-4-2)22(29)18(13)24(31)25(32)19(14)23(17)30/h6-11,24-26,33H,3-5H2,1-2H3. The Balaban J connectivity index is 1.72. The maximum atomic E-state index is 15.3. The van der Waals surface area contributed by atoms with Gasteiger partial charge in [0, 0.05) is 11.1 Å². The second-order valence-corrected chi connectivity index (χ2v) is 8.08. The maximum Gasteiger partial charge on any atom is 0.227 e. The number of hydrogen-bond acceptors (Lipinski definition) is 3. The van der Waals surface area contributed by atoms with Crippen LogP contribution in [0.15, 0.2) is 36.4 Å². The van der Waals surface area contributed by atoms with Crippen LogP contribution >= 0.6 is 0 Å². The SMILES string of the molecule is CCCc1ccc(C(O)Oc2ccc3c(c2F)C(F)C(F)c2c-3ccc(OCC)c2F)c(F)c1F. The summed E-state index contributed by atoms with van der Waals surface area (Å²) in [4.78, 5) is 0. The highest BCUT2D eigenvalue weighted by Crippen LogP contribution is 2.52. The lowest BCUT2D eigenvalue weighted by Gasteiger charge is -2.28. The van der Waals surface area contributed by atoms with E-state index in [0.717, 1.165) is 12.1 Å². The summed E-state index contributed by atoms with van der Waals surface area (Å²) in [7, 11) is 0. The molecule has 4 rings (SSSR count). The second-order valence-electron chi connectivity index (χ2n) is 8.08. The molecule has 0 aromatic heterocycles. The Labute approximate surface area is 197 Å². The van der Waals surface area contributed by atoms with Crippen molar-refractivity contribution in [2.45, 2.75) is 45.3 Å². The van der Waals surface area contributed by atoms with Gasteiger partial charge in [0.1, 0.15) is 0 Å². The number of hydrogen-bond donors (Lipinski definition) is 1. The highest BCUT2D eigenvalue weighted by molar-refractivity contribution is 5.76. The largest absolute Gasteiger partial charge is 0.491 e. The lowest BCUT2D eigenvalue weighted by Crippen LogP contribution is -2.17. The van der Waals surface area contributed by atoms with Crippen molar-refractivity contribution in [1.29, 1.82) is 0 Å². The first-order valence-electron chi connectivity index (χ1n) is 11.1. The van der Waals surface area contributed by atoms with Crippen molar-refractivity contribution in [3.8, 4) is 22.6 Å². The second kappa shape index (κ2) is 9.81. The van der Waals surface area contributed by atoms with Gasteiger partial charge in [0.2, 0.25) is 6.29 Å². The minimum Gasteiger partial charge on any atom is -0.491 e. The normalized spacial score (nSPS) is 17.5. The Kier molecular flexibility index (Phi) is 6.98. The van der Waals surface area contributed by atoms with E-state index in [1.54, 1.807) is 13.8 Å². The predicted octanol–water partition coefficient (Wildman–Crippen LogP) is 7.37. The number of aliphatic hydroxyl groups is 1. The van der Waals surface area contributed by atoms with Gasteiger partial charge in [0.15, 0.2) is 47.1 Å². The fourth-order valence-corrected chi connectivity index (χ4v) is 4.25. The molecular formula is C26H22F6O3. The lowest BCUT2D eigenvalue weighted by atomic mass is 9.82. The van der Waals surface area contributed by atoms with Gasteiger partial charge in [-0.05, 0) is 48.2 Å². The number of halogens is 6. The van der Waals surface area contributed by atoms with Crippen LogP contribution in [0.4, 0.5) is 26.3 Å². The van der Waals surface area contributed by atoms with Crippen molar-refractivity contribution in [2.75, 3.05) is 6.61 Å². The summed E-state index contributed by atoms with van der Waals surface area (Å²) < 4.78 is 98.9. The van der Waals surface area contributed by atoms with E-state index in [2.05, 4.69) is 0 Å². The molecule has 3 aromatic rings. The number of aryl methyl sites for hydroxylation is 1. The summed E-state index contributed by atoms with van der Waals surface area (Å²) in [5, 5.41) is 10.3. The fraction of sp³-hybridized carbons (Fsp3) is 0.308. The van der Waals surface area contributed by atoms with E-state index in [0.29, 0.717) is 6.42 Å². The van der Waals surface area contributed by atoms with Gasteiger partial charge in [-0.25, -0.2) is 26.3 Å². The molecular weight excluding hydrogens is 474 g/mol. The fourth-order valence-electron chi connectivity index (χ4n) is 4.25. The van der Waals surface area contributed by atoms with E-state index in [1.807, 2.05) is 0 Å². The van der Waals surface area contributed by atoms with Crippen molar-refractivity contribution in [2.24, 2.45) is 0 Å². The van der Waals surface area contributed by atoms with Crippen LogP contribution in [0.2, 0.25) is 0 Å². The summed E-state index contributed by atoms with van der Waals surface area (Å²) in [6.45, 7) is 3.49. The van der Waals surface area contributed by atoms with Gasteiger partial charge in [-0.3, -0.25) is 0 Å². The molecule has 3 aromatic carbocycles. The third-order valence-electron chi connectivity index (χ3n) is 5.90. The number of ether oxygens (including phenoxy) is 2. The van der Waals surface area contributed by atoms with E-state index in [4.69, 9.17) is 9.47 Å². The highest BCUT2D eigenvalue weighted by atomic mass is 19.2. The Hall–Kier alpha value is -3.20. The van der Waals surface area contributed by atoms with Crippen molar-refractivity contribution in [3.63, 3.8) is 0 Å². The first kappa shape index (κ1) is 24.9. The summed E-state index contributed by atoms with van der Waals surface area (Å²) in [5.41, 5.74) is -1.97. The van der Waals surface area contributed by atoms with Gasteiger partial charge in [-0.1, -0.05) is 31.5 Å². The Bertz CT molecular complexity index is 1260. The maximum absolute atomic E-state index is 15.3. The highest BCUT2D eigenvalue weighted by Gasteiger charge is 2.40. The molecule has 3 atom stereocenters. The van der Waals surface area contributed by atoms with Gasteiger partial charge in [0.25, 0.3) is 0 Å². The Morgan fingerprint density at radius 1 is 0.771 bits per heavy atom. The zero-order valence-corrected chi connectivity index (χ0v) is 18.8. The van der Waals surface area contributed by atoms with Crippen molar-refractivity contribution < 1.29 is 40.9 Å². The van der Waals surface area contributed by atoms with Crippen LogP contribution in [-0.4, -0.2) is 11.7 Å². The molecule has 9 heteroatoms. The van der Waals surface area contributed by atoms with Crippen LogP contribution in [-0.2, 0) is 6.42 Å². The molecule has 0 fully saturated rings. The molecule has 1 aliphatic carbocycles. The summed E-state index contributed by atoms with van der Waals surface area (Å²) in [5.74, 6) is -5.91. The van der Waals surface area contributed by atoms with E-state index in [1.165, 1.54) is 24.3 Å². The van der Waals surface area contributed by atoms with E-state index >= 15 is 8.78 Å². The molecule has 0 spiro atoms. The average molecular weight is 496 g/mol. The van der Waals surface area contributed by atoms with Crippen LogP contribution in [0, 0.1) is 23.3 Å². The number of alkyl halides is 2. The smallest absolute Gasteiger partial charge is 0.227 e. The summed E-state index contributed by atoms with van der Waals surface area (Å²) in [6.07, 6.45) is -6.42. The zero-order valence-electron chi connectivity index (χ0n) is 18.8. The van der Waals surface area contributed by atoms with E-state index in [-0.39, 0.29) is 35.5 Å². The van der Waals surface area contributed by atoms with Gasteiger partial charge in [-0.15, -0.1) is 0 Å². The van der Waals surface area contributed by atoms with Crippen LogP contribution in [0.5, 0.6) is 11.5 Å². The molecule has 0 saturated carbocycles. The van der Waals surface area contributed by atoms with Crippen molar-refractivity contribution in [1.82, 2.24) is 0 Å². The monoisotopic (exact) mass is 496 g/mol. The van der Waals surface area contributed by atoms with Gasteiger partial charge in [-0.2, -0.15) is 0 Å². The van der Waals surface area contributed by atoms with E-state index in [9.17, 15) is 22.7 Å². The predicted molar refractivity (Wildman–Crippen MR) is 117 cm³/mol. The molecule has 0 radical (unpaired) electrons. The topological polar surface area (TPSA) is 38.7 Å². The Morgan fingerprint density at radius 2 is 1.34 bits per heavy atom. The van der Waals surface area contributed by atoms with E-state index < -0.39 is 64.3 Å². The number of fused-ring (bicyclic) bond motifs is 3. The number of rotatable bonds is 7. The number of benzene rings is 3. The molecule has 3 nitrogen and oxygen atoms in total. The van der Waals surface area contributed by atoms with Crippen LogP contribution < -0.4 is 9.47 Å². The molecule has 1 N–H and O–H groups in total. The third-order valence-corrected chi connectivity index (χ3v) is 5.90. The molecule has 0 heterocycles. The first-order chi connectivity index (χ1) is 16.7. The molecule has 186 valence electrons. The van der Waals surface area contributed by atoms with Crippen LogP contribution in [0.1, 0.15) is 61.2 Å². The molecule has 0 amide bonds. The quantitative estimate of drug-likeness (QED) is 0.274. The molecule has 0 saturated heterocycles. The zero-order chi connectivity index (χ0) is 25.4. The molecule has 0 aliphatic heterocycles. The lowest BCUT2D eigenvalue weighted by molar-refractivity contribution is -0.0254. The first-order valence-corrected chi connectivity index (χ1v) is 11.1. The van der Waals surface area contributed by atoms with Gasteiger partial charge < -0.3 is 14.6 Å². The van der Waals surface area contributed by atoms with Gasteiger partial charge >= 0.3 is 0 Å². The van der Waals surface area contributed by atoms with Gasteiger partial charge in [0.05, 0.1) is 12.2 Å². The summed E-state index contributed by atoms with van der Waals surface area (Å²) >= 11 is 0. The molecule has 0 bridgehead atoms. The number of aliphatic hydroxyl groups excluding tert-OH is 1. The average Bonchev–Trinajstić information content (AvgIpc) is 2.83. The Morgan fingerprint density at radius 3 is 1.91 bits per heavy atom. The summed E-state index contributed by atoms with van der Waals surface area (Å²) in [6, 6.07) is 7.11. The van der Waals surface area contributed by atoms with Crippen molar-refractivity contribution in [3.05, 3.63) is 81.9 Å². The van der Waals surface area contributed by atoms with Crippen LogP contribution in [0.3, 0.4) is 0 Å². The minimum absolute atomic E-state index is 0.0621. The minimum atomic E-state index is -2.59. The van der Waals surface area contributed by atoms with Crippen molar-refractivity contribution >= 4 is 0 Å².